The maximum Gasteiger partial charge on any atom is 0.336 e. The zero-order valence-electron chi connectivity index (χ0n) is 14.5. The third-order valence-corrected chi connectivity index (χ3v) is 6.34. The van der Waals surface area contributed by atoms with Gasteiger partial charge in [0.1, 0.15) is 0 Å². The second-order valence-electron chi connectivity index (χ2n) is 6.10. The van der Waals surface area contributed by atoms with Crippen LogP contribution >= 0.6 is 22.7 Å². The summed E-state index contributed by atoms with van der Waals surface area (Å²) in [6, 6.07) is 19.1. The monoisotopic (exact) mass is 406 g/mol. The number of carboxylic acid groups (broad SMARTS) is 2. The fourth-order valence-electron chi connectivity index (χ4n) is 2.94. The molecular weight excluding hydrogens is 392 g/mol. The van der Waals surface area contributed by atoms with E-state index < -0.39 is 11.9 Å². The maximum atomic E-state index is 11.9. The third kappa shape index (κ3) is 3.60. The Hall–Kier alpha value is -3.22. The number of carbonyl (C=O) groups is 2. The van der Waals surface area contributed by atoms with E-state index in [1.807, 2.05) is 60.7 Å². The Morgan fingerprint density at radius 2 is 1.07 bits per heavy atom. The average molecular weight is 406 g/mol. The van der Waals surface area contributed by atoms with Gasteiger partial charge in [-0.25, -0.2) is 9.59 Å². The van der Waals surface area contributed by atoms with Crippen LogP contribution in [0.5, 0.6) is 0 Å². The summed E-state index contributed by atoms with van der Waals surface area (Å²) in [5, 5.41) is 21.4. The van der Waals surface area contributed by atoms with Crippen molar-refractivity contribution in [2.24, 2.45) is 0 Å². The molecule has 6 heteroatoms. The van der Waals surface area contributed by atoms with Gasteiger partial charge >= 0.3 is 11.9 Å². The molecule has 0 aliphatic heterocycles. The van der Waals surface area contributed by atoms with Crippen LogP contribution in [0.3, 0.4) is 0 Å². The van der Waals surface area contributed by atoms with Gasteiger partial charge in [0.05, 0.1) is 11.1 Å². The Morgan fingerprint density at radius 1 is 0.679 bits per heavy atom. The number of hydrogen-bond donors (Lipinski definition) is 2. The zero-order chi connectivity index (χ0) is 19.7. The summed E-state index contributed by atoms with van der Waals surface area (Å²) >= 11 is 2.85. The number of fused-ring (bicyclic) bond motifs is 2. The van der Waals surface area contributed by atoms with E-state index in [9.17, 15) is 19.8 Å². The molecule has 0 amide bonds. The molecule has 0 aliphatic carbocycles. The van der Waals surface area contributed by atoms with E-state index in [0.29, 0.717) is 9.75 Å². The van der Waals surface area contributed by atoms with Crippen molar-refractivity contribution < 1.29 is 19.8 Å². The second-order valence-corrected chi connectivity index (χ2v) is 8.33. The van der Waals surface area contributed by atoms with Gasteiger partial charge in [0.25, 0.3) is 0 Å². The van der Waals surface area contributed by atoms with Crippen LogP contribution in [0.4, 0.5) is 0 Å². The lowest BCUT2D eigenvalue weighted by atomic mass is 10.0. The number of benzene rings is 2. The summed E-state index contributed by atoms with van der Waals surface area (Å²) < 4.78 is 2.03. The molecule has 0 unspecified atom stereocenters. The molecule has 28 heavy (non-hydrogen) atoms. The van der Waals surface area contributed by atoms with Crippen LogP contribution in [0.15, 0.2) is 71.8 Å². The molecule has 0 saturated carbocycles. The largest absolute Gasteiger partial charge is 0.478 e. The molecule has 138 valence electrons. The number of aliphatic carboxylic acids is 2. The Labute approximate surface area is 168 Å². The Morgan fingerprint density at radius 3 is 1.43 bits per heavy atom. The van der Waals surface area contributed by atoms with E-state index in [4.69, 9.17) is 0 Å². The van der Waals surface area contributed by atoms with E-state index in [1.165, 1.54) is 34.8 Å². The predicted octanol–water partition coefficient (Wildman–Crippen LogP) is 5.75. The van der Waals surface area contributed by atoms with Gasteiger partial charge in [0.2, 0.25) is 0 Å². The summed E-state index contributed by atoms with van der Waals surface area (Å²) in [7, 11) is 0. The van der Waals surface area contributed by atoms with Crippen LogP contribution in [0.25, 0.3) is 32.3 Å². The highest BCUT2D eigenvalue weighted by Crippen LogP contribution is 2.31. The Balaban J connectivity index is 1.82. The first-order valence-corrected chi connectivity index (χ1v) is 10.0. The topological polar surface area (TPSA) is 74.6 Å². The molecule has 4 aromatic rings. The van der Waals surface area contributed by atoms with Crippen molar-refractivity contribution in [1.82, 2.24) is 0 Å². The molecule has 2 N–H and O–H groups in total. The van der Waals surface area contributed by atoms with Gasteiger partial charge < -0.3 is 10.2 Å². The highest BCUT2D eigenvalue weighted by Gasteiger charge is 2.21. The maximum absolute atomic E-state index is 11.9. The molecule has 4 nitrogen and oxygen atoms in total. The average Bonchev–Trinajstić information content (AvgIpc) is 3.26. The Kier molecular flexibility index (Phi) is 4.81. The van der Waals surface area contributed by atoms with Gasteiger partial charge in [-0.3, -0.25) is 0 Å². The van der Waals surface area contributed by atoms with Crippen molar-refractivity contribution in [2.45, 2.75) is 0 Å². The van der Waals surface area contributed by atoms with Crippen LogP contribution in [0.2, 0.25) is 0 Å². The van der Waals surface area contributed by atoms with Crippen molar-refractivity contribution >= 4 is 66.9 Å². The standard InChI is InChI=1S/C22H14O4S2/c23-21(24)17(11-15-9-13-5-1-3-7-19(13)27-15)18(22(25)26)12-16-10-14-6-2-4-8-20(14)28-16/h1-12H,(H,23,24)(H,25,26)/b17-11-,18-12?. The lowest BCUT2D eigenvalue weighted by Crippen LogP contribution is -2.11. The van der Waals surface area contributed by atoms with Gasteiger partial charge in [0.15, 0.2) is 0 Å². The van der Waals surface area contributed by atoms with Crippen molar-refractivity contribution in [2.75, 3.05) is 0 Å². The second kappa shape index (κ2) is 7.42. The molecule has 0 fully saturated rings. The third-order valence-electron chi connectivity index (χ3n) is 4.21. The molecule has 0 bridgehead atoms. The van der Waals surface area contributed by atoms with Crippen molar-refractivity contribution in [3.8, 4) is 0 Å². The number of carboxylic acids is 2. The SMILES string of the molecule is O=C(O)C(=Cc1cc2ccccc2s1)/C(=C/c1cc2ccccc2s1)C(=O)O. The molecule has 2 aromatic carbocycles. The summed E-state index contributed by atoms with van der Waals surface area (Å²) in [6.45, 7) is 0. The molecule has 2 aromatic heterocycles. The van der Waals surface area contributed by atoms with Crippen LogP contribution < -0.4 is 0 Å². The molecule has 4 rings (SSSR count). The van der Waals surface area contributed by atoms with Crippen molar-refractivity contribution in [3.63, 3.8) is 0 Å². The number of hydrogen-bond acceptors (Lipinski definition) is 4. The summed E-state index contributed by atoms with van der Waals surface area (Å²) in [5.74, 6) is -2.54. The van der Waals surface area contributed by atoms with Gasteiger partial charge in [-0.2, -0.15) is 0 Å². The zero-order valence-corrected chi connectivity index (χ0v) is 16.1. The first-order chi connectivity index (χ1) is 13.5. The van der Waals surface area contributed by atoms with Crippen LogP contribution in [0, 0.1) is 0 Å². The smallest absolute Gasteiger partial charge is 0.336 e. The van der Waals surface area contributed by atoms with E-state index >= 15 is 0 Å². The van der Waals surface area contributed by atoms with Crippen molar-refractivity contribution in [1.29, 1.82) is 0 Å². The summed E-state index contributed by atoms with van der Waals surface area (Å²) in [5.41, 5.74) is -0.479. The number of thiophene rings is 2. The van der Waals surface area contributed by atoms with Crippen molar-refractivity contribution in [3.05, 3.63) is 81.6 Å². The Bertz CT molecular complexity index is 1110. The first kappa shape index (κ1) is 18.2. The van der Waals surface area contributed by atoms with Gasteiger partial charge in [-0.05, 0) is 47.2 Å². The molecule has 2 heterocycles. The van der Waals surface area contributed by atoms with E-state index in [0.717, 1.165) is 20.2 Å². The molecular formula is C22H14O4S2. The van der Waals surface area contributed by atoms with E-state index in [1.54, 1.807) is 0 Å². The molecule has 0 atom stereocenters. The normalized spacial score (nSPS) is 12.6. The van der Waals surface area contributed by atoms with Gasteiger partial charge in [-0.1, -0.05) is 36.4 Å². The van der Waals surface area contributed by atoms with E-state index in [-0.39, 0.29) is 11.1 Å². The van der Waals surface area contributed by atoms with Gasteiger partial charge in [0, 0.05) is 19.2 Å². The fourth-order valence-corrected chi connectivity index (χ4v) is 4.96. The summed E-state index contributed by atoms with van der Waals surface area (Å²) in [6.07, 6.45) is 2.86. The fraction of sp³-hybridized carbons (Fsp3) is 0. The lowest BCUT2D eigenvalue weighted by molar-refractivity contribution is -0.136. The summed E-state index contributed by atoms with van der Waals surface area (Å²) in [4.78, 5) is 25.1. The highest BCUT2D eigenvalue weighted by molar-refractivity contribution is 7.20. The van der Waals surface area contributed by atoms with Crippen LogP contribution in [-0.2, 0) is 9.59 Å². The minimum atomic E-state index is -1.27. The van der Waals surface area contributed by atoms with E-state index in [2.05, 4.69) is 0 Å². The first-order valence-electron chi connectivity index (χ1n) is 8.39. The predicted molar refractivity (Wildman–Crippen MR) is 115 cm³/mol. The molecule has 0 spiro atoms. The quantitative estimate of drug-likeness (QED) is 0.327. The minimum absolute atomic E-state index is 0.239. The molecule has 0 aliphatic rings. The minimum Gasteiger partial charge on any atom is -0.478 e. The van der Waals surface area contributed by atoms with Gasteiger partial charge in [-0.15, -0.1) is 22.7 Å². The van der Waals surface area contributed by atoms with Crippen LogP contribution in [0.1, 0.15) is 9.75 Å². The highest BCUT2D eigenvalue weighted by atomic mass is 32.1. The lowest BCUT2D eigenvalue weighted by Gasteiger charge is -2.03. The number of rotatable bonds is 5. The molecule has 0 saturated heterocycles. The van der Waals surface area contributed by atoms with Crippen LogP contribution in [-0.4, -0.2) is 22.2 Å². The molecule has 0 radical (unpaired) electrons.